The summed E-state index contributed by atoms with van der Waals surface area (Å²) in [5.41, 5.74) is -6.40. The van der Waals surface area contributed by atoms with E-state index in [0.29, 0.717) is 0 Å². The van der Waals surface area contributed by atoms with E-state index in [4.69, 9.17) is 5.11 Å². The van der Waals surface area contributed by atoms with Gasteiger partial charge in [-0.3, -0.25) is 30.3 Å². The third-order valence-electron chi connectivity index (χ3n) is 2.39. The van der Waals surface area contributed by atoms with Crippen LogP contribution in [0.3, 0.4) is 0 Å². The first-order valence-electron chi connectivity index (χ1n) is 4.67. The van der Waals surface area contributed by atoms with Crippen LogP contribution in [0.25, 0.3) is 0 Å². The second-order valence-electron chi connectivity index (χ2n) is 3.47. The summed E-state index contributed by atoms with van der Waals surface area (Å²) in [7, 11) is 0. The van der Waals surface area contributed by atoms with Crippen LogP contribution in [0.2, 0.25) is 0 Å². The summed E-state index contributed by atoms with van der Waals surface area (Å²) in [5.74, 6) is -3.60. The second-order valence-corrected chi connectivity index (χ2v) is 3.47. The Morgan fingerprint density at radius 1 is 0.950 bits per heavy atom. The summed E-state index contributed by atoms with van der Waals surface area (Å²) in [6.07, 6.45) is 0. The van der Waals surface area contributed by atoms with E-state index in [2.05, 4.69) is 0 Å². The number of hydrogen-bond donors (Lipinski definition) is 2. The Kier molecular flexibility index (Phi) is 3.51. The number of phenolic OH excluding ortho intramolecular Hbond substituents is 1. The van der Waals surface area contributed by atoms with Crippen LogP contribution in [-0.2, 0) is 0 Å². The number of carboxylic acids is 1. The zero-order valence-corrected chi connectivity index (χ0v) is 9.59. The molecule has 20 heavy (non-hydrogen) atoms. The lowest BCUT2D eigenvalue weighted by Crippen LogP contribution is -2.11. The van der Waals surface area contributed by atoms with E-state index < -0.39 is 54.7 Å². The number of aromatic hydroxyl groups is 1. The van der Waals surface area contributed by atoms with Crippen molar-refractivity contribution in [3.63, 3.8) is 0 Å². The smallest absolute Gasteiger partial charge is 0.350 e. The molecule has 0 aromatic heterocycles. The molecule has 0 aliphatic heterocycles. The molecule has 0 saturated heterocycles. The highest BCUT2D eigenvalue weighted by molar-refractivity contribution is 6.00. The zero-order valence-electron chi connectivity index (χ0n) is 9.59. The summed E-state index contributed by atoms with van der Waals surface area (Å²) in [6.45, 7) is 0.812. The molecule has 106 valence electrons. The van der Waals surface area contributed by atoms with E-state index in [1.807, 2.05) is 0 Å². The maximum absolute atomic E-state index is 10.9. The standard InChI is InChI=1S/C8H5N3O9/c1-2-4(9(15)16)3(8(13)14)6(11(19)20)7(12)5(2)10(17)18/h12H,1H3,(H,13,14). The molecule has 0 amide bonds. The fraction of sp³-hybridized carbons (Fsp3) is 0.125. The minimum absolute atomic E-state index is 0.791. The van der Waals surface area contributed by atoms with Gasteiger partial charge in [0.1, 0.15) is 5.56 Å². The molecule has 0 atom stereocenters. The van der Waals surface area contributed by atoms with Crippen LogP contribution in [-0.4, -0.2) is 31.0 Å². The number of aromatic carboxylic acids is 1. The fourth-order valence-electron chi connectivity index (χ4n) is 1.65. The summed E-state index contributed by atoms with van der Waals surface area (Å²) >= 11 is 0. The van der Waals surface area contributed by atoms with Crippen LogP contribution in [0.4, 0.5) is 17.1 Å². The maximum atomic E-state index is 10.9. The van der Waals surface area contributed by atoms with Crippen LogP contribution >= 0.6 is 0 Å². The number of carbonyl (C=O) groups is 1. The Hall–Kier alpha value is -3.31. The molecule has 0 aliphatic rings. The van der Waals surface area contributed by atoms with Crippen LogP contribution in [0.15, 0.2) is 0 Å². The third-order valence-corrected chi connectivity index (χ3v) is 2.39. The Balaban J connectivity index is 4.12. The zero-order chi connectivity index (χ0) is 15.8. The Labute approximate surface area is 108 Å². The quantitative estimate of drug-likeness (QED) is 0.603. The first kappa shape index (κ1) is 14.7. The van der Waals surface area contributed by atoms with Gasteiger partial charge in [-0.25, -0.2) is 4.79 Å². The minimum Gasteiger partial charge on any atom is -0.497 e. The number of nitro groups is 3. The van der Waals surface area contributed by atoms with Crippen molar-refractivity contribution in [2.24, 2.45) is 0 Å². The lowest BCUT2D eigenvalue weighted by Gasteiger charge is -2.06. The molecule has 0 fully saturated rings. The Bertz CT molecular complexity index is 625. The van der Waals surface area contributed by atoms with E-state index >= 15 is 0 Å². The predicted molar refractivity (Wildman–Crippen MR) is 59.8 cm³/mol. The highest BCUT2D eigenvalue weighted by Crippen LogP contribution is 2.46. The lowest BCUT2D eigenvalue weighted by molar-refractivity contribution is -0.405. The molecule has 2 N–H and O–H groups in total. The monoisotopic (exact) mass is 287 g/mol. The van der Waals surface area contributed by atoms with Gasteiger partial charge in [-0.1, -0.05) is 0 Å². The number of nitrogens with zero attached hydrogens (tertiary/aromatic N) is 3. The van der Waals surface area contributed by atoms with Gasteiger partial charge in [0.05, 0.1) is 14.8 Å². The van der Waals surface area contributed by atoms with Gasteiger partial charge in [-0.2, -0.15) is 0 Å². The molecule has 12 heteroatoms. The molecule has 0 radical (unpaired) electrons. The number of carboxylic acid groups (broad SMARTS) is 1. The van der Waals surface area contributed by atoms with Gasteiger partial charge in [0.2, 0.25) is 5.56 Å². The molecule has 0 heterocycles. The van der Waals surface area contributed by atoms with Gasteiger partial charge in [-0.05, 0) is 6.92 Å². The molecule has 12 nitrogen and oxygen atoms in total. The molecule has 1 aromatic carbocycles. The number of hydrogen-bond acceptors (Lipinski definition) is 8. The number of phenols is 1. The van der Waals surface area contributed by atoms with Crippen LogP contribution < -0.4 is 0 Å². The molecular formula is C8H5N3O9. The highest BCUT2D eigenvalue weighted by atomic mass is 16.6. The van der Waals surface area contributed by atoms with Crippen molar-refractivity contribution < 1.29 is 29.8 Å². The van der Waals surface area contributed by atoms with Crippen LogP contribution in [0.5, 0.6) is 5.75 Å². The lowest BCUT2D eigenvalue weighted by atomic mass is 10.0. The number of benzene rings is 1. The van der Waals surface area contributed by atoms with Crippen molar-refractivity contribution in [2.75, 3.05) is 0 Å². The van der Waals surface area contributed by atoms with E-state index in [1.165, 1.54) is 0 Å². The molecule has 1 rings (SSSR count). The molecule has 0 saturated carbocycles. The molecular weight excluding hydrogens is 282 g/mol. The highest BCUT2D eigenvalue weighted by Gasteiger charge is 2.43. The van der Waals surface area contributed by atoms with Crippen molar-refractivity contribution >= 4 is 23.0 Å². The fourth-order valence-corrected chi connectivity index (χ4v) is 1.65. The Morgan fingerprint density at radius 3 is 1.65 bits per heavy atom. The average molecular weight is 287 g/mol. The summed E-state index contributed by atoms with van der Waals surface area (Å²) in [6, 6.07) is 0. The van der Waals surface area contributed by atoms with Crippen molar-refractivity contribution in [3.05, 3.63) is 41.5 Å². The van der Waals surface area contributed by atoms with Crippen molar-refractivity contribution in [1.82, 2.24) is 0 Å². The summed E-state index contributed by atoms with van der Waals surface area (Å²) in [5, 5.41) is 50.6. The molecule has 0 aliphatic carbocycles. The van der Waals surface area contributed by atoms with Gasteiger partial charge in [0.25, 0.3) is 5.75 Å². The number of nitro benzene ring substituents is 3. The Morgan fingerprint density at radius 2 is 1.35 bits per heavy atom. The van der Waals surface area contributed by atoms with E-state index in [-0.39, 0.29) is 0 Å². The van der Waals surface area contributed by atoms with Crippen molar-refractivity contribution in [2.45, 2.75) is 6.92 Å². The van der Waals surface area contributed by atoms with Gasteiger partial charge >= 0.3 is 23.0 Å². The van der Waals surface area contributed by atoms with Gasteiger partial charge in [0.15, 0.2) is 0 Å². The number of rotatable bonds is 4. The predicted octanol–water partition coefficient (Wildman–Crippen LogP) is 1.12. The van der Waals surface area contributed by atoms with Gasteiger partial charge in [-0.15, -0.1) is 0 Å². The van der Waals surface area contributed by atoms with Crippen LogP contribution in [0, 0.1) is 37.3 Å². The first-order chi connectivity index (χ1) is 9.11. The van der Waals surface area contributed by atoms with Gasteiger partial charge < -0.3 is 10.2 Å². The molecule has 0 spiro atoms. The normalized spacial score (nSPS) is 10.1. The SMILES string of the molecule is Cc1c([N+](=O)[O-])c(O)c([N+](=O)[O-])c(C(=O)O)c1[N+](=O)[O-]. The van der Waals surface area contributed by atoms with Crippen LogP contribution in [0.1, 0.15) is 15.9 Å². The van der Waals surface area contributed by atoms with E-state index in [9.17, 15) is 40.2 Å². The summed E-state index contributed by atoms with van der Waals surface area (Å²) < 4.78 is 0. The topological polar surface area (TPSA) is 187 Å². The van der Waals surface area contributed by atoms with E-state index in [0.717, 1.165) is 6.92 Å². The average Bonchev–Trinajstić information content (AvgIpc) is 2.25. The van der Waals surface area contributed by atoms with E-state index in [1.54, 1.807) is 0 Å². The van der Waals surface area contributed by atoms with Gasteiger partial charge in [0, 0.05) is 0 Å². The molecule has 0 bridgehead atoms. The molecule has 1 aromatic rings. The summed E-state index contributed by atoms with van der Waals surface area (Å²) in [4.78, 5) is 39.2. The largest absolute Gasteiger partial charge is 0.497 e. The molecule has 0 unspecified atom stereocenters. The van der Waals surface area contributed by atoms with Crippen molar-refractivity contribution in [1.29, 1.82) is 0 Å². The second kappa shape index (κ2) is 4.75. The first-order valence-corrected chi connectivity index (χ1v) is 4.67. The maximum Gasteiger partial charge on any atom is 0.350 e. The van der Waals surface area contributed by atoms with Crippen molar-refractivity contribution in [3.8, 4) is 5.75 Å². The third kappa shape index (κ3) is 2.05. The minimum atomic E-state index is -2.06.